The minimum absolute atomic E-state index is 0.0300. The van der Waals surface area contributed by atoms with Crippen molar-refractivity contribution in [3.63, 3.8) is 0 Å². The average molecular weight is 402 g/mol. The van der Waals surface area contributed by atoms with Crippen molar-refractivity contribution in [1.82, 2.24) is 4.57 Å². The number of hydrogen-bond acceptors (Lipinski definition) is 3. The zero-order chi connectivity index (χ0) is 20.9. The molecule has 3 aromatic rings. The second-order valence-corrected chi connectivity index (χ2v) is 6.47. The third kappa shape index (κ3) is 6.54. The van der Waals surface area contributed by atoms with Crippen molar-refractivity contribution in [1.29, 1.82) is 0 Å². The van der Waals surface area contributed by atoms with E-state index in [1.807, 2.05) is 54.6 Å². The lowest BCUT2D eigenvalue weighted by Gasteiger charge is -2.13. The van der Waals surface area contributed by atoms with Gasteiger partial charge < -0.3 is 9.30 Å². The molecule has 0 atom stereocenters. The van der Waals surface area contributed by atoms with Crippen LogP contribution < -0.4 is 5.56 Å². The fraction of sp³-hybridized carbons (Fsp3) is 0.304. The van der Waals surface area contributed by atoms with E-state index in [0.717, 1.165) is 16.5 Å². The van der Waals surface area contributed by atoms with Crippen LogP contribution in [-0.4, -0.2) is 17.6 Å². The first-order valence-electron chi connectivity index (χ1n) is 9.38. The highest BCUT2D eigenvalue weighted by atomic mass is 35.5. The smallest absolute Gasteiger partial charge is 0.293 e. The summed E-state index contributed by atoms with van der Waals surface area (Å²) >= 11 is 6.29. The summed E-state index contributed by atoms with van der Waals surface area (Å²) in [5, 5.41) is 1.47. The van der Waals surface area contributed by atoms with E-state index in [2.05, 4.69) is 18.6 Å². The second-order valence-electron chi connectivity index (χ2n) is 6.09. The molecule has 0 saturated carbocycles. The molecule has 0 aliphatic heterocycles. The topological polar surface area (TPSA) is 48.3 Å². The molecule has 150 valence electrons. The van der Waals surface area contributed by atoms with Gasteiger partial charge in [0.1, 0.15) is 0 Å². The molecule has 2 aromatic carbocycles. The van der Waals surface area contributed by atoms with Gasteiger partial charge in [-0.2, -0.15) is 0 Å². The molecule has 0 saturated heterocycles. The summed E-state index contributed by atoms with van der Waals surface area (Å²) in [5.74, 6) is 0. The van der Waals surface area contributed by atoms with Gasteiger partial charge in [0.15, 0.2) is 0 Å². The highest BCUT2D eigenvalue weighted by Gasteiger charge is 2.11. The van der Waals surface area contributed by atoms with Crippen molar-refractivity contribution in [3.05, 3.63) is 81.1 Å². The Morgan fingerprint density at radius 2 is 1.57 bits per heavy atom. The van der Waals surface area contributed by atoms with Crippen LogP contribution in [0.4, 0.5) is 0 Å². The van der Waals surface area contributed by atoms with Crippen LogP contribution in [0.2, 0.25) is 5.02 Å². The Balaban J connectivity index is 0.000000421. The molecule has 0 N–H and O–H groups in total. The van der Waals surface area contributed by atoms with Gasteiger partial charge >= 0.3 is 0 Å². The van der Waals surface area contributed by atoms with Gasteiger partial charge in [0.05, 0.1) is 23.7 Å². The van der Waals surface area contributed by atoms with Crippen molar-refractivity contribution >= 4 is 29.0 Å². The number of aromatic nitrogens is 1. The van der Waals surface area contributed by atoms with Crippen LogP contribution in [0.5, 0.6) is 0 Å². The van der Waals surface area contributed by atoms with Crippen LogP contribution in [0.1, 0.15) is 38.3 Å². The van der Waals surface area contributed by atoms with Gasteiger partial charge in [0.25, 0.3) is 12.0 Å². The Kier molecular flexibility index (Phi) is 10.7. The molecule has 0 aliphatic carbocycles. The molecular weight excluding hydrogens is 374 g/mol. The van der Waals surface area contributed by atoms with Crippen LogP contribution >= 0.6 is 11.6 Å². The highest BCUT2D eigenvalue weighted by Crippen LogP contribution is 2.24. The first kappa shape index (κ1) is 23.4. The standard InChI is InChI=1S/C17H14ClNO.C3H6O2.C3H8/c1-12-16(18)14-9-5-6-10-15(14)19(17(12)20)11-13-7-3-2-4-8-13;1-2-5-3-4;1-3-2/h2-10H,11H2,1H3;3H,2H2,1H3;3H2,1-2H3. The van der Waals surface area contributed by atoms with Crippen LogP contribution in [0.3, 0.4) is 0 Å². The molecule has 5 heteroatoms. The number of carbonyl (C=O) groups excluding carboxylic acids is 1. The summed E-state index contributed by atoms with van der Waals surface area (Å²) in [7, 11) is 0. The summed E-state index contributed by atoms with van der Waals surface area (Å²) in [5.41, 5.74) is 2.54. The number of para-hydroxylation sites is 1. The Hall–Kier alpha value is -2.59. The van der Waals surface area contributed by atoms with Crippen molar-refractivity contribution in [2.24, 2.45) is 0 Å². The fourth-order valence-electron chi connectivity index (χ4n) is 2.49. The molecule has 0 amide bonds. The maximum atomic E-state index is 12.5. The van der Waals surface area contributed by atoms with Gasteiger partial charge in [-0.3, -0.25) is 9.59 Å². The predicted octanol–water partition coefficient (Wildman–Crippen LogP) is 5.61. The van der Waals surface area contributed by atoms with Crippen LogP contribution in [0, 0.1) is 6.92 Å². The van der Waals surface area contributed by atoms with Gasteiger partial charge in [-0.25, -0.2) is 0 Å². The average Bonchev–Trinajstić information content (AvgIpc) is 2.72. The van der Waals surface area contributed by atoms with E-state index < -0.39 is 0 Å². The molecule has 28 heavy (non-hydrogen) atoms. The second kappa shape index (κ2) is 12.7. The molecule has 0 spiro atoms. The SMILES string of the molecule is CCC.CCOC=O.Cc1c(Cl)c2ccccc2n(Cc2ccccc2)c1=O. The molecule has 0 radical (unpaired) electrons. The van der Waals surface area contributed by atoms with E-state index in [-0.39, 0.29) is 5.56 Å². The number of fused-ring (bicyclic) bond motifs is 1. The minimum Gasteiger partial charge on any atom is -0.468 e. The van der Waals surface area contributed by atoms with Gasteiger partial charge in [-0.15, -0.1) is 0 Å². The summed E-state index contributed by atoms with van der Waals surface area (Å²) in [4.78, 5) is 21.7. The van der Waals surface area contributed by atoms with Crippen molar-refractivity contribution in [3.8, 4) is 0 Å². The molecule has 0 unspecified atom stereocenters. The molecule has 0 aliphatic rings. The van der Waals surface area contributed by atoms with E-state index in [1.165, 1.54) is 6.42 Å². The van der Waals surface area contributed by atoms with Crippen LogP contribution in [-0.2, 0) is 16.1 Å². The molecule has 3 rings (SSSR count). The summed E-state index contributed by atoms with van der Waals surface area (Å²) in [6.45, 7) is 9.24. The number of ether oxygens (including phenoxy) is 1. The summed E-state index contributed by atoms with van der Waals surface area (Å²) < 4.78 is 5.94. The zero-order valence-electron chi connectivity index (χ0n) is 16.9. The maximum Gasteiger partial charge on any atom is 0.293 e. The molecule has 0 bridgehead atoms. The molecule has 1 aromatic heterocycles. The predicted molar refractivity (Wildman–Crippen MR) is 117 cm³/mol. The van der Waals surface area contributed by atoms with E-state index >= 15 is 0 Å². The largest absolute Gasteiger partial charge is 0.468 e. The molecular formula is C23H28ClNO3. The van der Waals surface area contributed by atoms with Crippen molar-refractivity contribution < 1.29 is 9.53 Å². The van der Waals surface area contributed by atoms with E-state index in [9.17, 15) is 9.59 Å². The Morgan fingerprint density at radius 3 is 2.11 bits per heavy atom. The Morgan fingerprint density at radius 1 is 1.00 bits per heavy atom. The third-order valence-electron chi connectivity index (χ3n) is 3.74. The molecule has 1 heterocycles. The number of halogens is 1. The lowest BCUT2D eigenvalue weighted by Crippen LogP contribution is -2.23. The number of nitrogens with zero attached hydrogens (tertiary/aromatic N) is 1. The molecule has 0 fully saturated rings. The number of rotatable bonds is 4. The maximum absolute atomic E-state index is 12.5. The zero-order valence-corrected chi connectivity index (χ0v) is 17.7. The van der Waals surface area contributed by atoms with Crippen molar-refractivity contribution in [2.75, 3.05) is 6.61 Å². The summed E-state index contributed by atoms with van der Waals surface area (Å²) in [6, 6.07) is 17.7. The Bertz CT molecular complexity index is 920. The van der Waals surface area contributed by atoms with Gasteiger partial charge in [-0.1, -0.05) is 80.4 Å². The lowest BCUT2D eigenvalue weighted by atomic mass is 10.1. The van der Waals surface area contributed by atoms with Gasteiger partial charge in [0.2, 0.25) is 0 Å². The highest BCUT2D eigenvalue weighted by molar-refractivity contribution is 6.36. The summed E-state index contributed by atoms with van der Waals surface area (Å²) in [6.07, 6.45) is 1.25. The lowest BCUT2D eigenvalue weighted by molar-refractivity contribution is -0.128. The van der Waals surface area contributed by atoms with Gasteiger partial charge in [-0.05, 0) is 25.5 Å². The number of hydrogen-bond donors (Lipinski definition) is 0. The van der Waals surface area contributed by atoms with E-state index in [1.54, 1.807) is 18.4 Å². The number of carbonyl (C=O) groups is 1. The monoisotopic (exact) mass is 401 g/mol. The third-order valence-corrected chi connectivity index (χ3v) is 4.23. The number of pyridine rings is 1. The minimum atomic E-state index is -0.0300. The molecule has 4 nitrogen and oxygen atoms in total. The fourth-order valence-corrected chi connectivity index (χ4v) is 2.73. The van der Waals surface area contributed by atoms with Gasteiger partial charge in [0, 0.05) is 10.9 Å². The van der Waals surface area contributed by atoms with E-state index in [4.69, 9.17) is 11.6 Å². The first-order valence-corrected chi connectivity index (χ1v) is 9.76. The van der Waals surface area contributed by atoms with Crippen LogP contribution in [0.15, 0.2) is 59.4 Å². The number of benzene rings is 2. The van der Waals surface area contributed by atoms with Crippen molar-refractivity contribution in [2.45, 2.75) is 40.7 Å². The van der Waals surface area contributed by atoms with Crippen LogP contribution in [0.25, 0.3) is 10.9 Å². The normalized spacial score (nSPS) is 9.61. The Labute approximate surface area is 171 Å². The quantitative estimate of drug-likeness (QED) is 0.534. The van der Waals surface area contributed by atoms with E-state index in [0.29, 0.717) is 30.2 Å². The first-order chi connectivity index (χ1) is 13.5.